The fraction of sp³-hybridized carbons (Fsp3) is 0.414. The van der Waals surface area contributed by atoms with E-state index in [9.17, 15) is 14.7 Å². The highest BCUT2D eigenvalue weighted by Gasteiger charge is 2.30. The van der Waals surface area contributed by atoms with E-state index in [1.54, 1.807) is 29.2 Å². The number of aryl methyl sites for hydroxylation is 2. The number of carbonyl (C=O) groups excluding carboxylic acids is 1. The SMILES string of the molecule is C=C(S/C(=N\N)c1cc(C)c(OCCN2CCCC2C(=O)O)c(C)c1)N(CCCC)C(=O)c1ccccc1Cl. The molecule has 1 amide bonds. The molecular weight excluding hydrogens is 536 g/mol. The highest BCUT2D eigenvalue weighted by atomic mass is 35.5. The molecule has 1 heterocycles. The first kappa shape index (κ1) is 30.5. The molecule has 1 atom stereocenters. The summed E-state index contributed by atoms with van der Waals surface area (Å²) in [4.78, 5) is 28.4. The number of rotatable bonds is 12. The summed E-state index contributed by atoms with van der Waals surface area (Å²) in [7, 11) is 0. The lowest BCUT2D eigenvalue weighted by Gasteiger charge is -2.25. The van der Waals surface area contributed by atoms with E-state index in [2.05, 4.69) is 18.6 Å². The number of carboxylic acids is 1. The van der Waals surface area contributed by atoms with Gasteiger partial charge in [-0.25, -0.2) is 0 Å². The summed E-state index contributed by atoms with van der Waals surface area (Å²) in [6.07, 6.45) is 3.27. The number of nitrogens with zero attached hydrogens (tertiary/aromatic N) is 3. The maximum Gasteiger partial charge on any atom is 0.320 e. The molecular formula is C29H37ClN4O4S. The molecule has 0 aliphatic carbocycles. The number of unbranched alkanes of at least 4 members (excludes halogenated alkanes) is 1. The Balaban J connectivity index is 1.72. The van der Waals surface area contributed by atoms with Gasteiger partial charge in [-0.2, -0.15) is 5.10 Å². The Kier molecular flexibility index (Phi) is 11.3. The van der Waals surface area contributed by atoms with Gasteiger partial charge in [0.05, 0.1) is 15.6 Å². The van der Waals surface area contributed by atoms with Crippen molar-refractivity contribution in [1.82, 2.24) is 9.80 Å². The molecule has 1 fully saturated rings. The van der Waals surface area contributed by atoms with E-state index in [0.717, 1.165) is 48.2 Å². The second-order valence-corrected chi connectivity index (χ2v) is 11.0. The van der Waals surface area contributed by atoms with Crippen molar-refractivity contribution in [3.63, 3.8) is 0 Å². The Bertz CT molecular complexity index is 1210. The summed E-state index contributed by atoms with van der Waals surface area (Å²) in [5, 5.41) is 14.8. The van der Waals surface area contributed by atoms with Crippen molar-refractivity contribution in [2.75, 3.05) is 26.2 Å². The Morgan fingerprint density at radius 3 is 2.59 bits per heavy atom. The average Bonchev–Trinajstić information content (AvgIpc) is 3.38. The van der Waals surface area contributed by atoms with Crippen LogP contribution in [0.5, 0.6) is 5.75 Å². The standard InChI is InChI=1S/C29H37ClN4O4S/c1-5-6-14-34(28(35)23-10-7-8-11-24(23)30)21(4)39-27(32-31)22-17-19(2)26(20(3)18-22)38-16-15-33-13-9-12-25(33)29(36)37/h7-8,10-11,17-18,25H,4-6,9,12-16,31H2,1-3H3,(H,36,37)/b32-27-. The molecule has 39 heavy (non-hydrogen) atoms. The number of halogens is 1. The molecule has 2 aromatic rings. The van der Waals surface area contributed by atoms with E-state index in [1.807, 2.05) is 30.9 Å². The summed E-state index contributed by atoms with van der Waals surface area (Å²) in [5.74, 6) is 5.56. The first-order valence-electron chi connectivity index (χ1n) is 13.1. The molecule has 8 nitrogen and oxygen atoms in total. The molecule has 1 aliphatic heterocycles. The predicted molar refractivity (Wildman–Crippen MR) is 158 cm³/mol. The van der Waals surface area contributed by atoms with Crippen LogP contribution in [0.15, 0.2) is 53.1 Å². The van der Waals surface area contributed by atoms with Gasteiger partial charge in [0.1, 0.15) is 23.4 Å². The van der Waals surface area contributed by atoms with E-state index in [0.29, 0.717) is 46.8 Å². The molecule has 10 heteroatoms. The summed E-state index contributed by atoms with van der Waals surface area (Å²) in [6.45, 7) is 12.3. The zero-order valence-corrected chi connectivity index (χ0v) is 24.4. The summed E-state index contributed by atoms with van der Waals surface area (Å²) in [5.41, 5.74) is 3.02. The quantitative estimate of drug-likeness (QED) is 0.146. The van der Waals surface area contributed by atoms with Crippen LogP contribution >= 0.6 is 23.4 Å². The first-order chi connectivity index (χ1) is 18.7. The normalized spacial score (nSPS) is 15.8. The molecule has 0 saturated carbocycles. The summed E-state index contributed by atoms with van der Waals surface area (Å²) < 4.78 is 6.09. The van der Waals surface area contributed by atoms with E-state index in [4.69, 9.17) is 22.2 Å². The maximum atomic E-state index is 13.4. The number of benzene rings is 2. The lowest BCUT2D eigenvalue weighted by molar-refractivity contribution is -0.142. The molecule has 0 spiro atoms. The third-order valence-electron chi connectivity index (χ3n) is 6.70. The number of hydrogen-bond acceptors (Lipinski definition) is 7. The Morgan fingerprint density at radius 1 is 1.28 bits per heavy atom. The van der Waals surface area contributed by atoms with Gasteiger partial charge in [0.2, 0.25) is 0 Å². The molecule has 2 aromatic carbocycles. The van der Waals surface area contributed by atoms with Gasteiger partial charge in [-0.3, -0.25) is 14.5 Å². The number of ether oxygens (including phenoxy) is 1. The molecule has 1 aliphatic rings. The van der Waals surface area contributed by atoms with Gasteiger partial charge >= 0.3 is 5.97 Å². The lowest BCUT2D eigenvalue weighted by Crippen LogP contribution is -2.38. The van der Waals surface area contributed by atoms with Gasteiger partial charge in [-0.1, -0.05) is 55.4 Å². The third-order valence-corrected chi connectivity index (χ3v) is 8.02. The Labute approximate surface area is 239 Å². The van der Waals surface area contributed by atoms with Crippen molar-refractivity contribution >= 4 is 40.3 Å². The van der Waals surface area contributed by atoms with Gasteiger partial charge in [0, 0.05) is 18.7 Å². The number of hydrogen-bond donors (Lipinski definition) is 2. The minimum absolute atomic E-state index is 0.220. The van der Waals surface area contributed by atoms with Crippen LogP contribution in [0.2, 0.25) is 5.02 Å². The largest absolute Gasteiger partial charge is 0.492 e. The van der Waals surface area contributed by atoms with Gasteiger partial charge < -0.3 is 20.6 Å². The van der Waals surface area contributed by atoms with Crippen LogP contribution in [0, 0.1) is 13.8 Å². The average molecular weight is 573 g/mol. The van der Waals surface area contributed by atoms with E-state index < -0.39 is 12.0 Å². The monoisotopic (exact) mass is 572 g/mol. The number of nitrogens with two attached hydrogens (primary N) is 1. The zero-order chi connectivity index (χ0) is 28.5. The molecule has 210 valence electrons. The number of amides is 1. The van der Waals surface area contributed by atoms with Gasteiger partial charge in [-0.05, 0) is 75.0 Å². The molecule has 0 aromatic heterocycles. The molecule has 3 rings (SSSR count). The highest BCUT2D eigenvalue weighted by Crippen LogP contribution is 2.31. The lowest BCUT2D eigenvalue weighted by atomic mass is 10.1. The second kappa shape index (κ2) is 14.4. The van der Waals surface area contributed by atoms with Crippen LogP contribution in [-0.2, 0) is 4.79 Å². The summed E-state index contributed by atoms with van der Waals surface area (Å²) >= 11 is 7.54. The molecule has 1 saturated heterocycles. The minimum Gasteiger partial charge on any atom is -0.492 e. The minimum atomic E-state index is -0.779. The van der Waals surface area contributed by atoms with Gasteiger partial charge in [0.15, 0.2) is 0 Å². The predicted octanol–water partition coefficient (Wildman–Crippen LogP) is 5.65. The topological polar surface area (TPSA) is 108 Å². The number of aliphatic carboxylic acids is 1. The van der Waals surface area contributed by atoms with Crippen LogP contribution in [0.3, 0.4) is 0 Å². The highest BCUT2D eigenvalue weighted by molar-refractivity contribution is 8.17. The van der Waals surface area contributed by atoms with Crippen molar-refractivity contribution < 1.29 is 19.4 Å². The molecule has 0 bridgehead atoms. The van der Waals surface area contributed by atoms with Crippen LogP contribution < -0.4 is 10.6 Å². The number of thioether (sulfide) groups is 1. The zero-order valence-electron chi connectivity index (χ0n) is 22.8. The van der Waals surface area contributed by atoms with Crippen LogP contribution in [0.4, 0.5) is 0 Å². The fourth-order valence-electron chi connectivity index (χ4n) is 4.70. The van der Waals surface area contributed by atoms with E-state index >= 15 is 0 Å². The second-order valence-electron chi connectivity index (χ2n) is 9.54. The number of hydrazone groups is 1. The summed E-state index contributed by atoms with van der Waals surface area (Å²) in [6, 6.07) is 10.4. The molecule has 0 radical (unpaired) electrons. The maximum absolute atomic E-state index is 13.4. The smallest absolute Gasteiger partial charge is 0.320 e. The molecule has 3 N–H and O–H groups in total. The van der Waals surface area contributed by atoms with Crippen molar-refractivity contribution in [3.05, 3.63) is 75.3 Å². The third kappa shape index (κ3) is 7.77. The van der Waals surface area contributed by atoms with Gasteiger partial charge in [0.25, 0.3) is 5.91 Å². The van der Waals surface area contributed by atoms with Crippen LogP contribution in [0.25, 0.3) is 0 Å². The fourth-order valence-corrected chi connectivity index (χ4v) is 5.71. The van der Waals surface area contributed by atoms with E-state index in [-0.39, 0.29) is 5.91 Å². The number of carboxylic acid groups (broad SMARTS) is 1. The number of carbonyl (C=O) groups is 2. The van der Waals surface area contributed by atoms with Crippen LogP contribution in [-0.4, -0.2) is 64.1 Å². The first-order valence-corrected chi connectivity index (χ1v) is 14.3. The van der Waals surface area contributed by atoms with Crippen molar-refractivity contribution in [3.8, 4) is 5.75 Å². The Hall–Kier alpha value is -3.01. The van der Waals surface area contributed by atoms with Crippen molar-refractivity contribution in [2.45, 2.75) is 52.5 Å². The van der Waals surface area contributed by atoms with Gasteiger partial charge in [-0.15, -0.1) is 0 Å². The Morgan fingerprint density at radius 2 is 1.97 bits per heavy atom. The van der Waals surface area contributed by atoms with Crippen molar-refractivity contribution in [1.29, 1.82) is 0 Å². The molecule has 1 unspecified atom stereocenters. The van der Waals surface area contributed by atoms with Crippen molar-refractivity contribution in [2.24, 2.45) is 10.9 Å². The number of likely N-dealkylation sites (tertiary alicyclic amines) is 1. The van der Waals surface area contributed by atoms with Crippen LogP contribution in [0.1, 0.15) is 59.7 Å². The van der Waals surface area contributed by atoms with E-state index in [1.165, 1.54) is 11.8 Å².